The first-order valence-corrected chi connectivity index (χ1v) is 11.0. The summed E-state index contributed by atoms with van der Waals surface area (Å²) in [4.78, 5) is 33.4. The Balaban J connectivity index is 1.49. The maximum Gasteiger partial charge on any atom is 0.413 e. The lowest BCUT2D eigenvalue weighted by Gasteiger charge is -2.19. The van der Waals surface area contributed by atoms with Gasteiger partial charge >= 0.3 is 6.09 Å². The SMILES string of the molecule is O=C(NC(c1ccccc1)c1c[nH]c2cc(Cl)ccc2c1=O)Oc1ccc2scnc2c1. The van der Waals surface area contributed by atoms with Crippen molar-refractivity contribution >= 4 is 50.2 Å². The van der Waals surface area contributed by atoms with Gasteiger partial charge in [-0.3, -0.25) is 4.79 Å². The summed E-state index contributed by atoms with van der Waals surface area (Å²) >= 11 is 7.55. The zero-order chi connectivity index (χ0) is 22.1. The number of nitrogens with one attached hydrogen (secondary N) is 2. The van der Waals surface area contributed by atoms with E-state index in [0.717, 1.165) is 15.8 Å². The molecule has 5 rings (SSSR count). The highest BCUT2D eigenvalue weighted by atomic mass is 35.5. The summed E-state index contributed by atoms with van der Waals surface area (Å²) < 4.78 is 6.50. The van der Waals surface area contributed by atoms with Crippen LogP contribution < -0.4 is 15.5 Å². The Kier molecular flexibility index (Phi) is 5.34. The van der Waals surface area contributed by atoms with Crippen LogP contribution in [0.15, 0.2) is 83.2 Å². The van der Waals surface area contributed by atoms with Crippen LogP contribution in [0.5, 0.6) is 5.75 Å². The van der Waals surface area contributed by atoms with Gasteiger partial charge in [0.15, 0.2) is 5.43 Å². The maximum atomic E-state index is 13.2. The summed E-state index contributed by atoms with van der Waals surface area (Å²) in [6.45, 7) is 0. The van der Waals surface area contributed by atoms with Crippen molar-refractivity contribution in [3.05, 3.63) is 105 Å². The minimum Gasteiger partial charge on any atom is -0.410 e. The molecule has 2 heterocycles. The van der Waals surface area contributed by atoms with Gasteiger partial charge in [-0.25, -0.2) is 9.78 Å². The molecule has 32 heavy (non-hydrogen) atoms. The van der Waals surface area contributed by atoms with Gasteiger partial charge in [-0.05, 0) is 35.9 Å². The third kappa shape index (κ3) is 3.95. The van der Waals surface area contributed by atoms with Crippen LogP contribution in [0.1, 0.15) is 17.2 Å². The molecule has 0 bridgehead atoms. The van der Waals surface area contributed by atoms with E-state index in [-0.39, 0.29) is 5.43 Å². The number of carbonyl (C=O) groups excluding carboxylic acids is 1. The number of rotatable bonds is 4. The lowest BCUT2D eigenvalue weighted by atomic mass is 9.98. The van der Waals surface area contributed by atoms with Gasteiger partial charge in [0.1, 0.15) is 5.75 Å². The first-order chi connectivity index (χ1) is 15.6. The Morgan fingerprint density at radius 1 is 1.09 bits per heavy atom. The van der Waals surface area contributed by atoms with Crippen LogP contribution in [0, 0.1) is 0 Å². The molecule has 0 radical (unpaired) electrons. The van der Waals surface area contributed by atoms with E-state index in [1.807, 2.05) is 36.4 Å². The number of amides is 1. The van der Waals surface area contributed by atoms with Crippen LogP contribution in [-0.2, 0) is 0 Å². The van der Waals surface area contributed by atoms with Gasteiger partial charge in [0.25, 0.3) is 0 Å². The van der Waals surface area contributed by atoms with Gasteiger partial charge in [-0.15, -0.1) is 11.3 Å². The first kappa shape index (κ1) is 20.2. The van der Waals surface area contributed by atoms with Gasteiger partial charge in [-0.2, -0.15) is 0 Å². The van der Waals surface area contributed by atoms with Crippen molar-refractivity contribution in [1.82, 2.24) is 15.3 Å². The Morgan fingerprint density at radius 3 is 2.78 bits per heavy atom. The maximum absolute atomic E-state index is 13.2. The average Bonchev–Trinajstić information content (AvgIpc) is 3.26. The predicted molar refractivity (Wildman–Crippen MR) is 127 cm³/mol. The molecule has 0 saturated carbocycles. The van der Waals surface area contributed by atoms with Crippen molar-refractivity contribution in [2.24, 2.45) is 0 Å². The monoisotopic (exact) mass is 461 g/mol. The molecule has 3 aromatic carbocycles. The number of aromatic nitrogens is 2. The smallest absolute Gasteiger partial charge is 0.410 e. The van der Waals surface area contributed by atoms with Crippen molar-refractivity contribution in [2.45, 2.75) is 6.04 Å². The minimum absolute atomic E-state index is 0.200. The molecule has 2 aromatic heterocycles. The lowest BCUT2D eigenvalue weighted by Crippen LogP contribution is -2.34. The van der Waals surface area contributed by atoms with Crippen LogP contribution in [0.4, 0.5) is 4.79 Å². The number of H-pyrrole nitrogens is 1. The summed E-state index contributed by atoms with van der Waals surface area (Å²) in [6, 6.07) is 18.8. The van der Waals surface area contributed by atoms with E-state index in [1.54, 1.807) is 42.0 Å². The van der Waals surface area contributed by atoms with Crippen molar-refractivity contribution in [3.63, 3.8) is 0 Å². The molecule has 2 N–H and O–H groups in total. The van der Waals surface area contributed by atoms with Crippen LogP contribution >= 0.6 is 22.9 Å². The van der Waals surface area contributed by atoms with E-state index in [9.17, 15) is 9.59 Å². The standard InChI is InChI=1S/C24H16ClN3O3S/c25-15-6-8-17-19(10-15)26-12-18(23(17)29)22(14-4-2-1-3-5-14)28-24(30)31-16-7-9-21-20(11-16)27-13-32-21/h1-13,22H,(H,26,29)(H,28,30). The Labute approximate surface area is 191 Å². The van der Waals surface area contributed by atoms with Gasteiger partial charge < -0.3 is 15.0 Å². The summed E-state index contributed by atoms with van der Waals surface area (Å²) in [6.07, 6.45) is 0.921. The van der Waals surface area contributed by atoms with E-state index < -0.39 is 12.1 Å². The first-order valence-electron chi connectivity index (χ1n) is 9.76. The number of nitrogens with zero attached hydrogens (tertiary/aromatic N) is 1. The van der Waals surface area contributed by atoms with Crippen molar-refractivity contribution in [2.75, 3.05) is 0 Å². The quantitative estimate of drug-likeness (QED) is 0.361. The summed E-state index contributed by atoms with van der Waals surface area (Å²) in [5.74, 6) is 0.370. The Hall–Kier alpha value is -3.68. The van der Waals surface area contributed by atoms with Crippen molar-refractivity contribution in [3.8, 4) is 5.75 Å². The molecule has 6 nitrogen and oxygen atoms in total. The van der Waals surface area contributed by atoms with Crippen molar-refractivity contribution < 1.29 is 9.53 Å². The summed E-state index contributed by atoms with van der Waals surface area (Å²) in [5.41, 5.74) is 4.05. The largest absolute Gasteiger partial charge is 0.413 e. The molecular weight excluding hydrogens is 446 g/mol. The highest BCUT2D eigenvalue weighted by Gasteiger charge is 2.22. The number of aromatic amines is 1. The van der Waals surface area contributed by atoms with E-state index in [0.29, 0.717) is 27.2 Å². The number of ether oxygens (including phenoxy) is 1. The Bertz CT molecular complexity index is 1500. The molecule has 1 unspecified atom stereocenters. The molecule has 1 atom stereocenters. The number of hydrogen-bond acceptors (Lipinski definition) is 5. The molecule has 0 saturated heterocycles. The third-order valence-electron chi connectivity index (χ3n) is 5.09. The summed E-state index contributed by atoms with van der Waals surface area (Å²) in [5, 5.41) is 3.84. The second-order valence-electron chi connectivity index (χ2n) is 7.12. The summed E-state index contributed by atoms with van der Waals surface area (Å²) in [7, 11) is 0. The van der Waals surface area contributed by atoms with E-state index >= 15 is 0 Å². The molecule has 0 spiro atoms. The predicted octanol–water partition coefficient (Wildman–Crippen LogP) is 5.67. The fraction of sp³-hybridized carbons (Fsp3) is 0.0417. The van der Waals surface area contributed by atoms with Crippen molar-refractivity contribution in [1.29, 1.82) is 0 Å². The van der Waals surface area contributed by atoms with Gasteiger partial charge in [0.05, 0.1) is 27.3 Å². The fourth-order valence-electron chi connectivity index (χ4n) is 3.57. The molecular formula is C24H16ClN3O3S. The van der Waals surface area contributed by atoms with Gasteiger partial charge in [-0.1, -0.05) is 41.9 Å². The lowest BCUT2D eigenvalue weighted by molar-refractivity contribution is 0.198. The number of pyridine rings is 1. The van der Waals surface area contributed by atoms with Gasteiger partial charge in [0.2, 0.25) is 0 Å². The van der Waals surface area contributed by atoms with Gasteiger partial charge in [0, 0.05) is 28.2 Å². The number of halogens is 1. The zero-order valence-electron chi connectivity index (χ0n) is 16.5. The fourth-order valence-corrected chi connectivity index (χ4v) is 4.40. The second kappa shape index (κ2) is 8.45. The normalized spacial score (nSPS) is 12.0. The van der Waals surface area contributed by atoms with E-state index in [2.05, 4.69) is 15.3 Å². The van der Waals surface area contributed by atoms with Crippen LogP contribution in [0.2, 0.25) is 5.02 Å². The molecule has 1 amide bonds. The van der Waals surface area contributed by atoms with E-state index in [1.165, 1.54) is 11.3 Å². The molecule has 158 valence electrons. The molecule has 0 aliphatic heterocycles. The molecule has 0 fully saturated rings. The van der Waals surface area contributed by atoms with Crippen LogP contribution in [0.3, 0.4) is 0 Å². The molecule has 0 aliphatic rings. The zero-order valence-corrected chi connectivity index (χ0v) is 18.1. The molecule has 0 aliphatic carbocycles. The number of carbonyl (C=O) groups is 1. The van der Waals surface area contributed by atoms with Crippen LogP contribution in [-0.4, -0.2) is 16.1 Å². The highest BCUT2D eigenvalue weighted by Crippen LogP contribution is 2.25. The topological polar surface area (TPSA) is 84.1 Å². The second-order valence-corrected chi connectivity index (χ2v) is 8.45. The number of fused-ring (bicyclic) bond motifs is 2. The number of benzene rings is 3. The Morgan fingerprint density at radius 2 is 1.94 bits per heavy atom. The third-order valence-corrected chi connectivity index (χ3v) is 6.14. The average molecular weight is 462 g/mol. The number of hydrogen-bond donors (Lipinski definition) is 2. The molecule has 5 aromatic rings. The highest BCUT2D eigenvalue weighted by molar-refractivity contribution is 7.16. The van der Waals surface area contributed by atoms with Crippen LogP contribution in [0.25, 0.3) is 21.1 Å². The van der Waals surface area contributed by atoms with E-state index in [4.69, 9.17) is 16.3 Å². The minimum atomic E-state index is -0.712. The molecule has 8 heteroatoms. The number of thiazole rings is 1.